The number of nitrogens with zero attached hydrogens (tertiary/aromatic N) is 1. The maximum Gasteiger partial charge on any atom is 0.319 e. The third-order valence-electron chi connectivity index (χ3n) is 4.20. The molecular formula is C21H25N3O4. The fraction of sp³-hybridized carbons (Fsp3) is 0.333. The number of benzene rings is 2. The second-order valence-corrected chi connectivity index (χ2v) is 6.94. The van der Waals surface area contributed by atoms with Crippen LogP contribution in [-0.2, 0) is 6.54 Å². The van der Waals surface area contributed by atoms with Crippen LogP contribution in [0.4, 0.5) is 10.5 Å². The largest absolute Gasteiger partial charge is 0.486 e. The van der Waals surface area contributed by atoms with Crippen molar-refractivity contribution in [2.45, 2.75) is 26.4 Å². The highest BCUT2D eigenvalue weighted by atomic mass is 16.6. The molecular weight excluding hydrogens is 358 g/mol. The molecule has 0 bridgehead atoms. The van der Waals surface area contributed by atoms with Crippen molar-refractivity contribution in [3.05, 3.63) is 53.6 Å². The van der Waals surface area contributed by atoms with E-state index >= 15 is 0 Å². The maximum absolute atomic E-state index is 13.0. The average molecular weight is 383 g/mol. The van der Waals surface area contributed by atoms with Crippen molar-refractivity contribution < 1.29 is 19.1 Å². The summed E-state index contributed by atoms with van der Waals surface area (Å²) >= 11 is 0. The first-order valence-electron chi connectivity index (χ1n) is 9.24. The molecule has 0 radical (unpaired) electrons. The van der Waals surface area contributed by atoms with Crippen LogP contribution in [-0.4, -0.2) is 43.1 Å². The number of rotatable bonds is 5. The number of urea groups is 1. The lowest BCUT2D eigenvalue weighted by Crippen LogP contribution is -2.35. The zero-order valence-corrected chi connectivity index (χ0v) is 16.3. The van der Waals surface area contributed by atoms with Gasteiger partial charge < -0.3 is 25.0 Å². The van der Waals surface area contributed by atoms with E-state index in [9.17, 15) is 9.59 Å². The van der Waals surface area contributed by atoms with Crippen LogP contribution < -0.4 is 20.1 Å². The summed E-state index contributed by atoms with van der Waals surface area (Å²) in [5, 5.41) is 5.50. The fourth-order valence-corrected chi connectivity index (χ4v) is 2.94. The Hall–Kier alpha value is -3.22. The van der Waals surface area contributed by atoms with E-state index in [1.807, 2.05) is 32.0 Å². The van der Waals surface area contributed by atoms with Gasteiger partial charge in [-0.25, -0.2) is 4.79 Å². The van der Waals surface area contributed by atoms with Gasteiger partial charge in [0.2, 0.25) is 0 Å². The minimum atomic E-state index is -0.343. The summed E-state index contributed by atoms with van der Waals surface area (Å²) in [6, 6.07) is 12.3. The lowest BCUT2D eigenvalue weighted by atomic mass is 10.1. The minimum Gasteiger partial charge on any atom is -0.486 e. The molecule has 0 aliphatic carbocycles. The quantitative estimate of drug-likeness (QED) is 0.831. The molecule has 28 heavy (non-hydrogen) atoms. The SMILES string of the molecule is CC(C)NC(=O)Nc1ccccc1C(=O)N(C)Cc1ccc2c(c1)OCCO2. The summed E-state index contributed by atoms with van der Waals surface area (Å²) in [6.45, 7) is 5.21. The molecule has 7 nitrogen and oxygen atoms in total. The number of hydrogen-bond donors (Lipinski definition) is 2. The lowest BCUT2D eigenvalue weighted by Gasteiger charge is -2.22. The van der Waals surface area contributed by atoms with Gasteiger partial charge in [-0.15, -0.1) is 0 Å². The Morgan fingerprint density at radius 3 is 2.54 bits per heavy atom. The van der Waals surface area contributed by atoms with E-state index in [0.29, 0.717) is 36.8 Å². The van der Waals surface area contributed by atoms with Crippen LogP contribution in [0.3, 0.4) is 0 Å². The Morgan fingerprint density at radius 1 is 1.07 bits per heavy atom. The van der Waals surface area contributed by atoms with E-state index < -0.39 is 0 Å². The monoisotopic (exact) mass is 383 g/mol. The Labute approximate surface area is 164 Å². The fourth-order valence-electron chi connectivity index (χ4n) is 2.94. The third-order valence-corrected chi connectivity index (χ3v) is 4.20. The summed E-state index contributed by atoms with van der Waals surface area (Å²) in [5.41, 5.74) is 1.84. The smallest absolute Gasteiger partial charge is 0.319 e. The van der Waals surface area contributed by atoms with Gasteiger partial charge in [0.25, 0.3) is 5.91 Å². The molecule has 0 fully saturated rings. The van der Waals surface area contributed by atoms with Crippen molar-refractivity contribution in [1.29, 1.82) is 0 Å². The number of anilines is 1. The van der Waals surface area contributed by atoms with Crippen LogP contribution in [0.2, 0.25) is 0 Å². The second-order valence-electron chi connectivity index (χ2n) is 6.94. The number of carbonyl (C=O) groups is 2. The van der Waals surface area contributed by atoms with Crippen LogP contribution in [0.15, 0.2) is 42.5 Å². The van der Waals surface area contributed by atoms with Gasteiger partial charge in [-0.2, -0.15) is 0 Å². The number of amides is 3. The van der Waals surface area contributed by atoms with Gasteiger partial charge >= 0.3 is 6.03 Å². The summed E-state index contributed by atoms with van der Waals surface area (Å²) in [5.74, 6) is 1.22. The molecule has 1 aliphatic heterocycles. The molecule has 3 rings (SSSR count). The molecule has 2 aromatic carbocycles. The molecule has 0 aromatic heterocycles. The van der Waals surface area contributed by atoms with E-state index in [0.717, 1.165) is 11.3 Å². The Bertz CT molecular complexity index is 866. The van der Waals surface area contributed by atoms with Crippen LogP contribution >= 0.6 is 0 Å². The summed E-state index contributed by atoms with van der Waals surface area (Å²) in [6.07, 6.45) is 0. The minimum absolute atomic E-state index is 0.000690. The molecule has 7 heteroatoms. The van der Waals surface area contributed by atoms with E-state index in [1.165, 1.54) is 0 Å². The molecule has 2 N–H and O–H groups in total. The zero-order valence-electron chi connectivity index (χ0n) is 16.3. The van der Waals surface area contributed by atoms with Crippen molar-refractivity contribution in [1.82, 2.24) is 10.2 Å². The standard InChI is InChI=1S/C21H25N3O4/c1-14(2)22-21(26)23-17-7-5-4-6-16(17)20(25)24(3)13-15-8-9-18-19(12-15)28-11-10-27-18/h4-9,12,14H,10-11,13H2,1-3H3,(H2,22,23,26). The van der Waals surface area contributed by atoms with Gasteiger partial charge in [0.05, 0.1) is 11.3 Å². The number of carbonyl (C=O) groups excluding carboxylic acids is 2. The van der Waals surface area contributed by atoms with Crippen molar-refractivity contribution in [2.24, 2.45) is 0 Å². The summed E-state index contributed by atoms with van der Waals surface area (Å²) in [7, 11) is 1.73. The Kier molecular flexibility index (Phi) is 6.03. The molecule has 0 saturated heterocycles. The Morgan fingerprint density at radius 2 is 1.79 bits per heavy atom. The van der Waals surface area contributed by atoms with Gasteiger partial charge in [0.15, 0.2) is 11.5 Å². The molecule has 0 atom stereocenters. The van der Waals surface area contributed by atoms with E-state index in [4.69, 9.17) is 9.47 Å². The maximum atomic E-state index is 13.0. The summed E-state index contributed by atoms with van der Waals surface area (Å²) in [4.78, 5) is 26.6. The van der Waals surface area contributed by atoms with Crippen LogP contribution in [0, 0.1) is 0 Å². The normalized spacial score (nSPS) is 12.4. The number of para-hydroxylation sites is 1. The summed E-state index contributed by atoms with van der Waals surface area (Å²) < 4.78 is 11.1. The molecule has 0 saturated carbocycles. The highest BCUT2D eigenvalue weighted by Crippen LogP contribution is 2.31. The van der Waals surface area contributed by atoms with Gasteiger partial charge in [-0.3, -0.25) is 4.79 Å². The van der Waals surface area contributed by atoms with E-state index in [2.05, 4.69) is 10.6 Å². The molecule has 2 aromatic rings. The number of hydrogen-bond acceptors (Lipinski definition) is 4. The van der Waals surface area contributed by atoms with E-state index in [-0.39, 0.29) is 18.0 Å². The van der Waals surface area contributed by atoms with Gasteiger partial charge in [0.1, 0.15) is 13.2 Å². The number of ether oxygens (including phenoxy) is 2. The predicted octanol–water partition coefficient (Wildman–Crippen LogP) is 3.26. The molecule has 1 heterocycles. The Balaban J connectivity index is 1.72. The zero-order chi connectivity index (χ0) is 20.1. The van der Waals surface area contributed by atoms with Gasteiger partial charge in [-0.1, -0.05) is 18.2 Å². The van der Waals surface area contributed by atoms with Crippen molar-refractivity contribution in [2.75, 3.05) is 25.6 Å². The predicted molar refractivity (Wildman–Crippen MR) is 107 cm³/mol. The van der Waals surface area contributed by atoms with Gasteiger partial charge in [0, 0.05) is 19.6 Å². The first-order chi connectivity index (χ1) is 13.4. The van der Waals surface area contributed by atoms with Crippen LogP contribution in [0.25, 0.3) is 0 Å². The number of nitrogens with one attached hydrogen (secondary N) is 2. The molecule has 0 spiro atoms. The first kappa shape index (κ1) is 19.5. The van der Waals surface area contributed by atoms with Crippen LogP contribution in [0.1, 0.15) is 29.8 Å². The van der Waals surface area contributed by atoms with Crippen LogP contribution in [0.5, 0.6) is 11.5 Å². The average Bonchev–Trinajstić information content (AvgIpc) is 2.67. The lowest BCUT2D eigenvalue weighted by molar-refractivity contribution is 0.0786. The molecule has 3 amide bonds. The first-order valence-corrected chi connectivity index (χ1v) is 9.24. The molecule has 148 valence electrons. The van der Waals surface area contributed by atoms with Gasteiger partial charge in [-0.05, 0) is 43.7 Å². The third kappa shape index (κ3) is 4.73. The second kappa shape index (κ2) is 8.65. The topological polar surface area (TPSA) is 79.9 Å². The van der Waals surface area contributed by atoms with Crippen molar-refractivity contribution >= 4 is 17.6 Å². The van der Waals surface area contributed by atoms with Crippen molar-refractivity contribution in [3.63, 3.8) is 0 Å². The molecule has 0 unspecified atom stereocenters. The highest BCUT2D eigenvalue weighted by Gasteiger charge is 2.18. The van der Waals surface area contributed by atoms with E-state index in [1.54, 1.807) is 36.2 Å². The highest BCUT2D eigenvalue weighted by molar-refractivity contribution is 6.03. The molecule has 1 aliphatic rings. The van der Waals surface area contributed by atoms with Crippen molar-refractivity contribution in [3.8, 4) is 11.5 Å². The number of fused-ring (bicyclic) bond motifs is 1.